The van der Waals surface area contributed by atoms with E-state index in [9.17, 15) is 18.4 Å². The lowest BCUT2D eigenvalue weighted by Gasteiger charge is -2.32. The molecule has 1 aliphatic heterocycles. The first-order valence-electron chi connectivity index (χ1n) is 11.0. The number of benzene rings is 1. The van der Waals surface area contributed by atoms with Crippen molar-refractivity contribution in [1.82, 2.24) is 25.0 Å². The largest absolute Gasteiger partial charge is 0.381 e. The fourth-order valence-electron chi connectivity index (χ4n) is 4.06. The number of hydrogen-bond donors (Lipinski definition) is 2. The number of nitrogens with one attached hydrogen (secondary N) is 2. The molecule has 0 atom stereocenters. The summed E-state index contributed by atoms with van der Waals surface area (Å²) in [6.45, 7) is 5.49. The number of carbonyl (C=O) groups excluding carboxylic acids is 2. The summed E-state index contributed by atoms with van der Waals surface area (Å²) >= 11 is 0. The van der Waals surface area contributed by atoms with Crippen LogP contribution in [0, 0.1) is 11.6 Å². The molecule has 33 heavy (non-hydrogen) atoms. The third kappa shape index (κ3) is 4.79. The van der Waals surface area contributed by atoms with E-state index in [1.807, 2.05) is 11.8 Å². The predicted molar refractivity (Wildman–Crippen MR) is 120 cm³/mol. The van der Waals surface area contributed by atoms with Crippen molar-refractivity contribution in [3.8, 4) is 0 Å². The Morgan fingerprint density at radius 2 is 1.91 bits per heavy atom. The molecule has 2 aromatic heterocycles. The van der Waals surface area contributed by atoms with Crippen LogP contribution in [0.2, 0.25) is 0 Å². The summed E-state index contributed by atoms with van der Waals surface area (Å²) in [5, 5.41) is 11.3. The first-order valence-corrected chi connectivity index (χ1v) is 11.0. The maximum absolute atomic E-state index is 13.5. The van der Waals surface area contributed by atoms with Crippen LogP contribution in [-0.2, 0) is 17.9 Å². The lowest BCUT2D eigenvalue weighted by molar-refractivity contribution is -0.129. The van der Waals surface area contributed by atoms with Gasteiger partial charge in [0.25, 0.3) is 5.91 Å². The Bertz CT molecular complexity index is 1190. The smallest absolute Gasteiger partial charge is 0.255 e. The molecule has 0 aliphatic carbocycles. The van der Waals surface area contributed by atoms with Gasteiger partial charge >= 0.3 is 0 Å². The van der Waals surface area contributed by atoms with Gasteiger partial charge in [-0.1, -0.05) is 6.07 Å². The molecule has 1 saturated heterocycles. The number of amides is 2. The van der Waals surface area contributed by atoms with E-state index in [4.69, 9.17) is 0 Å². The van der Waals surface area contributed by atoms with Crippen molar-refractivity contribution >= 4 is 28.5 Å². The van der Waals surface area contributed by atoms with Crippen molar-refractivity contribution in [2.24, 2.45) is 0 Å². The van der Waals surface area contributed by atoms with Crippen LogP contribution in [0.15, 0.2) is 30.6 Å². The predicted octanol–water partition coefficient (Wildman–Crippen LogP) is 3.08. The lowest BCUT2D eigenvalue weighted by atomic mass is 10.0. The van der Waals surface area contributed by atoms with E-state index in [0.29, 0.717) is 42.1 Å². The molecule has 3 heterocycles. The molecule has 2 amide bonds. The molecule has 3 aromatic rings. The third-order valence-electron chi connectivity index (χ3n) is 5.94. The van der Waals surface area contributed by atoms with Crippen molar-refractivity contribution in [2.45, 2.75) is 45.8 Å². The van der Waals surface area contributed by atoms with Gasteiger partial charge in [-0.2, -0.15) is 5.10 Å². The minimum absolute atomic E-state index is 0.0404. The van der Waals surface area contributed by atoms with Crippen LogP contribution in [0.5, 0.6) is 0 Å². The second-order valence-corrected chi connectivity index (χ2v) is 8.10. The number of carbonyl (C=O) groups is 2. The average molecular weight is 456 g/mol. The zero-order chi connectivity index (χ0) is 23.5. The van der Waals surface area contributed by atoms with Crippen molar-refractivity contribution < 1.29 is 18.4 Å². The molecule has 10 heteroatoms. The van der Waals surface area contributed by atoms with Crippen LogP contribution in [-0.4, -0.2) is 50.6 Å². The topological polar surface area (TPSA) is 92.2 Å². The number of aromatic nitrogens is 3. The summed E-state index contributed by atoms with van der Waals surface area (Å²) in [6.07, 6.45) is 4.69. The van der Waals surface area contributed by atoms with E-state index < -0.39 is 11.6 Å². The lowest BCUT2D eigenvalue weighted by Crippen LogP contribution is -2.41. The highest BCUT2D eigenvalue weighted by Gasteiger charge is 2.24. The van der Waals surface area contributed by atoms with E-state index in [-0.39, 0.29) is 24.4 Å². The summed E-state index contributed by atoms with van der Waals surface area (Å²) < 4.78 is 28.4. The molecule has 8 nitrogen and oxygen atoms in total. The number of aryl methyl sites for hydroxylation is 1. The molecular formula is C23H26F2N6O2. The molecule has 1 aliphatic rings. The van der Waals surface area contributed by atoms with Crippen LogP contribution in [0.3, 0.4) is 0 Å². The van der Waals surface area contributed by atoms with Gasteiger partial charge in [-0.25, -0.2) is 18.4 Å². The molecule has 1 aromatic carbocycles. The highest BCUT2D eigenvalue weighted by Crippen LogP contribution is 2.28. The monoisotopic (exact) mass is 456 g/mol. The van der Waals surface area contributed by atoms with Crippen LogP contribution in [0.1, 0.15) is 42.6 Å². The van der Waals surface area contributed by atoms with E-state index in [0.717, 1.165) is 30.4 Å². The van der Waals surface area contributed by atoms with E-state index in [1.54, 1.807) is 17.8 Å². The summed E-state index contributed by atoms with van der Waals surface area (Å²) in [6, 6.07) is 3.59. The number of anilines is 1. The Hall–Kier alpha value is -3.56. The van der Waals surface area contributed by atoms with E-state index >= 15 is 0 Å². The summed E-state index contributed by atoms with van der Waals surface area (Å²) in [5.74, 6) is -2.23. The first kappa shape index (κ1) is 22.6. The zero-order valence-corrected chi connectivity index (χ0v) is 18.6. The number of pyridine rings is 1. The number of nitrogens with zero attached hydrogens (tertiary/aromatic N) is 4. The summed E-state index contributed by atoms with van der Waals surface area (Å²) in [7, 11) is 0. The molecule has 0 unspecified atom stereocenters. The minimum Gasteiger partial charge on any atom is -0.381 e. The Labute approximate surface area is 190 Å². The molecule has 174 valence electrons. The quantitative estimate of drug-likeness (QED) is 0.595. The van der Waals surface area contributed by atoms with Gasteiger partial charge in [0, 0.05) is 45.3 Å². The SMILES string of the molecule is CCn1ncc2c(NC3CCN(C(C)=O)CC3)c(C(=O)NCc3ccc(F)c(F)c3)cnc21. The Morgan fingerprint density at radius 3 is 2.58 bits per heavy atom. The normalized spacial score (nSPS) is 14.5. The van der Waals surface area contributed by atoms with Crippen LogP contribution < -0.4 is 10.6 Å². The fraction of sp³-hybridized carbons (Fsp3) is 0.391. The molecular weight excluding hydrogens is 430 g/mol. The van der Waals surface area contributed by atoms with Gasteiger partial charge in [0.15, 0.2) is 17.3 Å². The van der Waals surface area contributed by atoms with Crippen LogP contribution in [0.25, 0.3) is 11.0 Å². The van der Waals surface area contributed by atoms with E-state index in [1.165, 1.54) is 12.3 Å². The molecule has 0 saturated carbocycles. The first-order chi connectivity index (χ1) is 15.9. The number of rotatable bonds is 6. The summed E-state index contributed by atoms with van der Waals surface area (Å²) in [4.78, 5) is 30.9. The van der Waals surface area contributed by atoms with Gasteiger partial charge in [0.05, 0.1) is 22.8 Å². The standard InChI is InChI=1S/C23H26F2N6O2/c1-3-31-22-17(13-28-31)21(29-16-6-8-30(9-7-16)14(2)32)18(12-26-22)23(33)27-11-15-4-5-19(24)20(25)10-15/h4-5,10,12-13,16H,3,6-9,11H2,1-2H3,(H,26,29)(H,27,33). The number of piperidine rings is 1. The Kier molecular flexibility index (Phi) is 6.52. The van der Waals surface area contributed by atoms with Crippen molar-refractivity contribution in [2.75, 3.05) is 18.4 Å². The summed E-state index contributed by atoms with van der Waals surface area (Å²) in [5.41, 5.74) is 2.08. The van der Waals surface area contributed by atoms with Gasteiger partial charge < -0.3 is 15.5 Å². The van der Waals surface area contributed by atoms with Gasteiger partial charge in [-0.3, -0.25) is 9.59 Å². The maximum atomic E-state index is 13.5. The van der Waals surface area contributed by atoms with Gasteiger partial charge in [-0.05, 0) is 37.5 Å². The molecule has 4 rings (SSSR count). The molecule has 0 spiro atoms. The molecule has 2 N–H and O–H groups in total. The van der Waals surface area contributed by atoms with E-state index in [2.05, 4.69) is 20.7 Å². The highest BCUT2D eigenvalue weighted by molar-refractivity contribution is 6.06. The Balaban J connectivity index is 1.58. The number of hydrogen-bond acceptors (Lipinski definition) is 5. The van der Waals surface area contributed by atoms with Crippen molar-refractivity contribution in [1.29, 1.82) is 0 Å². The number of likely N-dealkylation sites (tertiary alicyclic amines) is 1. The highest BCUT2D eigenvalue weighted by atomic mass is 19.2. The third-order valence-corrected chi connectivity index (χ3v) is 5.94. The second-order valence-electron chi connectivity index (χ2n) is 8.10. The van der Waals surface area contributed by atoms with Gasteiger partial charge in [0.2, 0.25) is 5.91 Å². The molecule has 0 bridgehead atoms. The van der Waals surface area contributed by atoms with Gasteiger partial charge in [-0.15, -0.1) is 0 Å². The van der Waals surface area contributed by atoms with Gasteiger partial charge in [0.1, 0.15) is 0 Å². The average Bonchev–Trinajstić information content (AvgIpc) is 3.24. The van der Waals surface area contributed by atoms with Crippen molar-refractivity contribution in [3.05, 3.63) is 53.4 Å². The zero-order valence-electron chi connectivity index (χ0n) is 18.6. The molecule has 0 radical (unpaired) electrons. The van der Waals surface area contributed by atoms with Crippen molar-refractivity contribution in [3.63, 3.8) is 0 Å². The fourth-order valence-corrected chi connectivity index (χ4v) is 4.06. The number of halogens is 2. The maximum Gasteiger partial charge on any atom is 0.255 e. The Morgan fingerprint density at radius 1 is 1.15 bits per heavy atom. The second kappa shape index (κ2) is 9.51. The van der Waals surface area contributed by atoms with Crippen LogP contribution >= 0.6 is 0 Å². The minimum atomic E-state index is -0.962. The van der Waals surface area contributed by atoms with Crippen LogP contribution in [0.4, 0.5) is 14.5 Å². The number of fused-ring (bicyclic) bond motifs is 1. The molecule has 1 fully saturated rings.